The van der Waals surface area contributed by atoms with E-state index < -0.39 is 11.4 Å². The van der Waals surface area contributed by atoms with Crippen molar-refractivity contribution in [2.45, 2.75) is 71.1 Å². The SMILES string of the molecule is CC(C)c1ccc2c(c1)CCC1[C@@]2(C)CCC[C@]1(C)C(=O)O. The summed E-state index contributed by atoms with van der Waals surface area (Å²) >= 11 is 0. The van der Waals surface area contributed by atoms with Crippen molar-refractivity contribution < 1.29 is 9.90 Å². The van der Waals surface area contributed by atoms with E-state index in [4.69, 9.17) is 0 Å². The van der Waals surface area contributed by atoms with Crippen LogP contribution >= 0.6 is 0 Å². The molecule has 120 valence electrons. The van der Waals surface area contributed by atoms with Gasteiger partial charge in [-0.25, -0.2) is 0 Å². The molecule has 0 saturated heterocycles. The molecular formula is C20H28O2. The van der Waals surface area contributed by atoms with Gasteiger partial charge in [-0.1, -0.05) is 45.4 Å². The van der Waals surface area contributed by atoms with Crippen LogP contribution in [0.25, 0.3) is 0 Å². The summed E-state index contributed by atoms with van der Waals surface area (Å²) < 4.78 is 0. The molecule has 1 N–H and O–H groups in total. The number of aliphatic carboxylic acids is 1. The minimum Gasteiger partial charge on any atom is -0.481 e. The van der Waals surface area contributed by atoms with Gasteiger partial charge in [-0.05, 0) is 66.5 Å². The van der Waals surface area contributed by atoms with E-state index >= 15 is 0 Å². The van der Waals surface area contributed by atoms with Gasteiger partial charge < -0.3 is 5.11 Å². The molecule has 2 nitrogen and oxygen atoms in total. The first kappa shape index (κ1) is 15.6. The molecule has 0 aromatic heterocycles. The Bertz CT molecular complexity index is 604. The maximum Gasteiger partial charge on any atom is 0.309 e. The van der Waals surface area contributed by atoms with Crippen molar-refractivity contribution in [2.24, 2.45) is 11.3 Å². The Labute approximate surface area is 133 Å². The summed E-state index contributed by atoms with van der Waals surface area (Å²) in [5, 5.41) is 9.82. The van der Waals surface area contributed by atoms with Crippen molar-refractivity contribution in [3.8, 4) is 0 Å². The molecule has 1 aromatic carbocycles. The second-order valence-electron chi connectivity index (χ2n) is 8.16. The molecule has 2 aliphatic rings. The van der Waals surface area contributed by atoms with E-state index in [9.17, 15) is 9.90 Å². The van der Waals surface area contributed by atoms with Crippen molar-refractivity contribution in [2.75, 3.05) is 0 Å². The molecule has 1 fully saturated rings. The number of hydrogen-bond acceptors (Lipinski definition) is 1. The van der Waals surface area contributed by atoms with Crippen molar-refractivity contribution >= 4 is 5.97 Å². The van der Waals surface area contributed by atoms with Crippen molar-refractivity contribution in [1.29, 1.82) is 0 Å². The zero-order valence-corrected chi connectivity index (χ0v) is 14.3. The summed E-state index contributed by atoms with van der Waals surface area (Å²) in [5.41, 5.74) is 3.73. The fourth-order valence-corrected chi connectivity index (χ4v) is 5.13. The molecule has 2 aliphatic carbocycles. The van der Waals surface area contributed by atoms with Gasteiger partial charge in [-0.2, -0.15) is 0 Å². The van der Waals surface area contributed by atoms with Gasteiger partial charge in [-0.15, -0.1) is 0 Å². The molecule has 1 unspecified atom stereocenters. The topological polar surface area (TPSA) is 37.3 Å². The lowest BCUT2D eigenvalue weighted by Crippen LogP contribution is -2.52. The summed E-state index contributed by atoms with van der Waals surface area (Å²) in [5.74, 6) is 0.195. The molecule has 22 heavy (non-hydrogen) atoms. The Morgan fingerprint density at radius 2 is 2.00 bits per heavy atom. The van der Waals surface area contributed by atoms with E-state index in [1.165, 1.54) is 16.7 Å². The Morgan fingerprint density at radius 1 is 1.27 bits per heavy atom. The van der Waals surface area contributed by atoms with E-state index in [0.717, 1.165) is 32.1 Å². The fourth-order valence-electron chi connectivity index (χ4n) is 5.13. The van der Waals surface area contributed by atoms with Crippen LogP contribution in [0.5, 0.6) is 0 Å². The van der Waals surface area contributed by atoms with Gasteiger partial charge in [0.1, 0.15) is 0 Å². The van der Waals surface area contributed by atoms with E-state index in [0.29, 0.717) is 5.92 Å². The first-order valence-corrected chi connectivity index (χ1v) is 8.66. The summed E-state index contributed by atoms with van der Waals surface area (Å²) in [6.45, 7) is 8.75. The van der Waals surface area contributed by atoms with Crippen LogP contribution in [0.2, 0.25) is 0 Å². The van der Waals surface area contributed by atoms with E-state index in [1.54, 1.807) is 0 Å². The van der Waals surface area contributed by atoms with Gasteiger partial charge in [0.2, 0.25) is 0 Å². The largest absolute Gasteiger partial charge is 0.481 e. The Balaban J connectivity index is 2.08. The monoisotopic (exact) mass is 300 g/mol. The molecule has 1 aromatic rings. The quantitative estimate of drug-likeness (QED) is 0.843. The van der Waals surface area contributed by atoms with Gasteiger partial charge in [0.15, 0.2) is 0 Å². The number of fused-ring (bicyclic) bond motifs is 3. The predicted molar refractivity (Wildman–Crippen MR) is 89.3 cm³/mol. The molecule has 0 heterocycles. The molecule has 2 heteroatoms. The lowest BCUT2D eigenvalue weighted by atomic mass is 9.50. The Hall–Kier alpha value is -1.31. The highest BCUT2D eigenvalue weighted by molar-refractivity contribution is 5.75. The van der Waals surface area contributed by atoms with Crippen molar-refractivity contribution in [3.05, 3.63) is 34.9 Å². The molecule has 0 amide bonds. The van der Waals surface area contributed by atoms with Crippen LogP contribution in [0.15, 0.2) is 18.2 Å². The van der Waals surface area contributed by atoms with Gasteiger partial charge in [0, 0.05) is 0 Å². The zero-order valence-electron chi connectivity index (χ0n) is 14.3. The number of carbonyl (C=O) groups is 1. The first-order valence-electron chi connectivity index (χ1n) is 8.66. The first-order chi connectivity index (χ1) is 10.3. The third kappa shape index (κ3) is 2.11. The maximum absolute atomic E-state index is 11.9. The maximum atomic E-state index is 11.9. The third-order valence-electron chi connectivity index (χ3n) is 6.53. The van der Waals surface area contributed by atoms with Crippen LogP contribution in [0.3, 0.4) is 0 Å². The number of rotatable bonds is 2. The molecule has 3 atom stereocenters. The van der Waals surface area contributed by atoms with E-state index in [-0.39, 0.29) is 11.3 Å². The van der Waals surface area contributed by atoms with Crippen LogP contribution in [0, 0.1) is 11.3 Å². The van der Waals surface area contributed by atoms with E-state index in [2.05, 4.69) is 39.0 Å². The molecule has 0 bridgehead atoms. The standard InChI is InChI=1S/C20H28O2/c1-13(2)14-6-8-16-15(12-14)7-9-17-19(16,3)10-5-11-20(17,4)18(21)22/h6,8,12-13,17H,5,7,9-11H2,1-4H3,(H,21,22)/t17?,19-,20-/m0/s1. The van der Waals surface area contributed by atoms with E-state index in [1.807, 2.05) is 6.92 Å². The lowest BCUT2D eigenvalue weighted by Gasteiger charge is -2.53. The molecule has 0 radical (unpaired) electrons. The van der Waals surface area contributed by atoms with Crippen LogP contribution in [0.1, 0.15) is 76.0 Å². The minimum atomic E-state index is -0.606. The molecule has 0 aliphatic heterocycles. The third-order valence-corrected chi connectivity index (χ3v) is 6.53. The predicted octanol–water partition coefficient (Wildman–Crippen LogP) is 4.90. The Morgan fingerprint density at radius 3 is 2.64 bits per heavy atom. The second kappa shape index (κ2) is 5.11. The number of aryl methyl sites for hydroxylation is 1. The summed E-state index contributed by atoms with van der Waals surface area (Å²) in [6.07, 6.45) is 4.99. The van der Waals surface area contributed by atoms with Crippen LogP contribution in [-0.4, -0.2) is 11.1 Å². The van der Waals surface area contributed by atoms with Crippen LogP contribution in [-0.2, 0) is 16.6 Å². The Kier molecular flexibility index (Phi) is 3.62. The number of hydrogen-bond donors (Lipinski definition) is 1. The van der Waals surface area contributed by atoms with Gasteiger partial charge in [0.25, 0.3) is 0 Å². The average Bonchev–Trinajstić information content (AvgIpc) is 2.46. The summed E-state index contributed by atoms with van der Waals surface area (Å²) in [4.78, 5) is 11.9. The molecule has 1 saturated carbocycles. The number of benzene rings is 1. The highest BCUT2D eigenvalue weighted by Gasteiger charge is 2.55. The second-order valence-corrected chi connectivity index (χ2v) is 8.16. The zero-order chi connectivity index (χ0) is 16.1. The average molecular weight is 300 g/mol. The van der Waals surface area contributed by atoms with Crippen LogP contribution < -0.4 is 0 Å². The number of carboxylic acids is 1. The minimum absolute atomic E-state index is 0.0223. The highest BCUT2D eigenvalue weighted by Crippen LogP contribution is 2.57. The van der Waals surface area contributed by atoms with Gasteiger partial charge >= 0.3 is 5.97 Å². The molecular weight excluding hydrogens is 272 g/mol. The van der Waals surface area contributed by atoms with Gasteiger partial charge in [-0.3, -0.25) is 4.79 Å². The van der Waals surface area contributed by atoms with Crippen molar-refractivity contribution in [3.63, 3.8) is 0 Å². The summed E-state index contributed by atoms with van der Waals surface area (Å²) in [6, 6.07) is 6.92. The highest BCUT2D eigenvalue weighted by atomic mass is 16.4. The summed E-state index contributed by atoms with van der Waals surface area (Å²) in [7, 11) is 0. The van der Waals surface area contributed by atoms with Crippen molar-refractivity contribution in [1.82, 2.24) is 0 Å². The smallest absolute Gasteiger partial charge is 0.309 e. The molecule has 3 rings (SSSR count). The number of carboxylic acid groups (broad SMARTS) is 1. The molecule has 0 spiro atoms. The lowest BCUT2D eigenvalue weighted by molar-refractivity contribution is -0.157. The fraction of sp³-hybridized carbons (Fsp3) is 0.650. The normalized spacial score (nSPS) is 34.1. The van der Waals surface area contributed by atoms with Crippen LogP contribution in [0.4, 0.5) is 0 Å². The van der Waals surface area contributed by atoms with Gasteiger partial charge in [0.05, 0.1) is 5.41 Å².